The van der Waals surface area contributed by atoms with E-state index in [2.05, 4.69) is 0 Å². The van der Waals surface area contributed by atoms with Gasteiger partial charge in [0.05, 0.1) is 0 Å². The fraction of sp³-hybridized carbons (Fsp3) is 0.500. The third-order valence-corrected chi connectivity index (χ3v) is 3.97. The van der Waals surface area contributed by atoms with E-state index in [9.17, 15) is 9.59 Å². The molecular formula is C16H20O2. The quantitative estimate of drug-likeness (QED) is 0.757. The second kappa shape index (κ2) is 5.94. The molecule has 2 atom stereocenters. The summed E-state index contributed by atoms with van der Waals surface area (Å²) in [4.78, 5) is 23.8. The highest BCUT2D eigenvalue weighted by Gasteiger charge is 2.30. The van der Waals surface area contributed by atoms with E-state index in [0.29, 0.717) is 6.42 Å². The Labute approximate surface area is 108 Å². The summed E-state index contributed by atoms with van der Waals surface area (Å²) >= 11 is 0. The fourth-order valence-corrected chi connectivity index (χ4v) is 2.97. The van der Waals surface area contributed by atoms with Gasteiger partial charge in [0.1, 0.15) is 5.78 Å². The van der Waals surface area contributed by atoms with Crippen LogP contribution in [0.15, 0.2) is 30.3 Å². The average molecular weight is 244 g/mol. The molecule has 0 N–H and O–H groups in total. The summed E-state index contributed by atoms with van der Waals surface area (Å²) in [6.45, 7) is 1.66. The number of hydrogen-bond acceptors (Lipinski definition) is 2. The number of benzene rings is 1. The molecule has 1 aromatic carbocycles. The highest BCUT2D eigenvalue weighted by atomic mass is 16.1. The zero-order valence-electron chi connectivity index (χ0n) is 10.9. The molecule has 1 aromatic rings. The van der Waals surface area contributed by atoms with Crippen molar-refractivity contribution in [2.24, 2.45) is 11.8 Å². The summed E-state index contributed by atoms with van der Waals surface area (Å²) < 4.78 is 0. The maximum atomic E-state index is 12.2. The summed E-state index contributed by atoms with van der Waals surface area (Å²) in [5, 5.41) is 0. The summed E-state index contributed by atoms with van der Waals surface area (Å²) in [6, 6.07) is 9.39. The summed E-state index contributed by atoms with van der Waals surface area (Å²) in [6.07, 6.45) is 4.77. The Bertz CT molecular complexity index is 422. The van der Waals surface area contributed by atoms with E-state index < -0.39 is 0 Å². The molecular weight excluding hydrogens is 224 g/mol. The maximum absolute atomic E-state index is 12.2. The first-order valence-corrected chi connectivity index (χ1v) is 6.77. The van der Waals surface area contributed by atoms with E-state index in [1.165, 1.54) is 0 Å². The Morgan fingerprint density at radius 2 is 1.78 bits per heavy atom. The maximum Gasteiger partial charge on any atom is 0.163 e. The number of carbonyl (C=O) groups is 2. The normalized spacial score (nSPS) is 23.6. The lowest BCUT2D eigenvalue weighted by Crippen LogP contribution is -2.27. The molecule has 1 aliphatic carbocycles. The van der Waals surface area contributed by atoms with Crippen LogP contribution < -0.4 is 0 Å². The van der Waals surface area contributed by atoms with Crippen LogP contribution in [-0.4, -0.2) is 11.6 Å². The lowest BCUT2D eigenvalue weighted by atomic mass is 9.74. The molecule has 1 saturated carbocycles. The Morgan fingerprint density at radius 1 is 1.11 bits per heavy atom. The molecule has 1 fully saturated rings. The van der Waals surface area contributed by atoms with Gasteiger partial charge in [-0.1, -0.05) is 43.2 Å². The topological polar surface area (TPSA) is 34.1 Å². The van der Waals surface area contributed by atoms with Crippen LogP contribution in [0.3, 0.4) is 0 Å². The van der Waals surface area contributed by atoms with Crippen molar-refractivity contribution in [1.29, 1.82) is 0 Å². The van der Waals surface area contributed by atoms with Gasteiger partial charge >= 0.3 is 0 Å². The average Bonchev–Trinajstić information content (AvgIpc) is 2.40. The Hall–Kier alpha value is -1.44. The molecule has 0 amide bonds. The second-order valence-electron chi connectivity index (χ2n) is 5.26. The van der Waals surface area contributed by atoms with Crippen LogP contribution in [0.2, 0.25) is 0 Å². The summed E-state index contributed by atoms with van der Waals surface area (Å²) in [5.41, 5.74) is 0.769. The van der Waals surface area contributed by atoms with E-state index in [-0.39, 0.29) is 23.4 Å². The van der Waals surface area contributed by atoms with Gasteiger partial charge in [-0.15, -0.1) is 0 Å². The van der Waals surface area contributed by atoms with Gasteiger partial charge in [-0.25, -0.2) is 0 Å². The van der Waals surface area contributed by atoms with E-state index in [0.717, 1.165) is 31.2 Å². The number of rotatable bonds is 4. The van der Waals surface area contributed by atoms with Gasteiger partial charge in [-0.05, 0) is 25.7 Å². The first kappa shape index (κ1) is 13.0. The van der Waals surface area contributed by atoms with Crippen molar-refractivity contribution in [1.82, 2.24) is 0 Å². The molecule has 0 bridgehead atoms. The van der Waals surface area contributed by atoms with Gasteiger partial charge < -0.3 is 0 Å². The first-order chi connectivity index (χ1) is 8.68. The lowest BCUT2D eigenvalue weighted by Gasteiger charge is -2.29. The van der Waals surface area contributed by atoms with E-state index in [1.807, 2.05) is 30.3 Å². The molecule has 0 aliphatic heterocycles. The Kier molecular flexibility index (Phi) is 4.29. The molecule has 0 saturated heterocycles. The van der Waals surface area contributed by atoms with E-state index >= 15 is 0 Å². The molecule has 0 heterocycles. The SMILES string of the molecule is CC(=O)[C@@H]1CCCC[C@H]1CC(=O)c1ccccc1. The van der Waals surface area contributed by atoms with Crippen LogP contribution in [0.1, 0.15) is 49.4 Å². The minimum atomic E-state index is 0.103. The monoisotopic (exact) mass is 244 g/mol. The fourth-order valence-electron chi connectivity index (χ4n) is 2.97. The molecule has 2 nitrogen and oxygen atoms in total. The first-order valence-electron chi connectivity index (χ1n) is 6.77. The van der Waals surface area contributed by atoms with Gasteiger partial charge in [0.25, 0.3) is 0 Å². The Morgan fingerprint density at radius 3 is 2.44 bits per heavy atom. The van der Waals surface area contributed by atoms with Crippen molar-refractivity contribution in [3.8, 4) is 0 Å². The minimum Gasteiger partial charge on any atom is -0.300 e. The van der Waals surface area contributed by atoms with Gasteiger partial charge in [0.15, 0.2) is 5.78 Å². The minimum absolute atomic E-state index is 0.103. The number of ketones is 2. The number of hydrogen-bond donors (Lipinski definition) is 0. The highest BCUT2D eigenvalue weighted by molar-refractivity contribution is 5.96. The molecule has 18 heavy (non-hydrogen) atoms. The number of carbonyl (C=O) groups excluding carboxylic acids is 2. The van der Waals surface area contributed by atoms with Crippen molar-refractivity contribution < 1.29 is 9.59 Å². The van der Waals surface area contributed by atoms with Crippen LogP contribution in [-0.2, 0) is 4.79 Å². The summed E-state index contributed by atoms with van der Waals surface area (Å²) in [7, 11) is 0. The van der Waals surface area contributed by atoms with Crippen molar-refractivity contribution in [3.05, 3.63) is 35.9 Å². The molecule has 2 rings (SSSR count). The zero-order valence-corrected chi connectivity index (χ0v) is 10.9. The van der Waals surface area contributed by atoms with Crippen molar-refractivity contribution >= 4 is 11.6 Å². The van der Waals surface area contributed by atoms with Crippen LogP contribution in [0.4, 0.5) is 0 Å². The third-order valence-electron chi connectivity index (χ3n) is 3.97. The molecule has 0 radical (unpaired) electrons. The predicted molar refractivity (Wildman–Crippen MR) is 71.5 cm³/mol. The molecule has 0 spiro atoms. The third kappa shape index (κ3) is 3.06. The van der Waals surface area contributed by atoms with Crippen molar-refractivity contribution in [3.63, 3.8) is 0 Å². The zero-order chi connectivity index (χ0) is 13.0. The largest absolute Gasteiger partial charge is 0.300 e. The second-order valence-corrected chi connectivity index (χ2v) is 5.26. The van der Waals surface area contributed by atoms with E-state index in [4.69, 9.17) is 0 Å². The number of Topliss-reactive ketones (excluding diaryl/α,β-unsaturated/α-hetero) is 2. The Balaban J connectivity index is 2.03. The van der Waals surface area contributed by atoms with Gasteiger partial charge in [0.2, 0.25) is 0 Å². The highest BCUT2D eigenvalue weighted by Crippen LogP contribution is 2.33. The summed E-state index contributed by atoms with van der Waals surface area (Å²) in [5.74, 6) is 0.782. The van der Waals surface area contributed by atoms with Crippen LogP contribution in [0, 0.1) is 11.8 Å². The van der Waals surface area contributed by atoms with Crippen molar-refractivity contribution in [2.75, 3.05) is 0 Å². The van der Waals surface area contributed by atoms with Crippen LogP contribution in [0.5, 0.6) is 0 Å². The molecule has 2 heteroatoms. The van der Waals surface area contributed by atoms with E-state index in [1.54, 1.807) is 6.92 Å². The predicted octanol–water partition coefficient (Wildman–Crippen LogP) is 3.65. The molecule has 0 unspecified atom stereocenters. The van der Waals surface area contributed by atoms with Crippen LogP contribution >= 0.6 is 0 Å². The lowest BCUT2D eigenvalue weighted by molar-refractivity contribution is -0.123. The standard InChI is InChI=1S/C16H20O2/c1-12(17)15-10-6-5-9-14(15)11-16(18)13-7-3-2-4-8-13/h2-4,7-8,14-15H,5-6,9-11H2,1H3/t14-,15-/m0/s1. The van der Waals surface area contributed by atoms with Crippen LogP contribution in [0.25, 0.3) is 0 Å². The smallest absolute Gasteiger partial charge is 0.163 e. The molecule has 1 aliphatic rings. The van der Waals surface area contributed by atoms with Gasteiger partial charge in [-0.2, -0.15) is 0 Å². The van der Waals surface area contributed by atoms with Gasteiger partial charge in [0, 0.05) is 17.9 Å². The molecule has 0 aromatic heterocycles. The van der Waals surface area contributed by atoms with Crippen molar-refractivity contribution in [2.45, 2.75) is 39.0 Å². The molecule has 96 valence electrons. The van der Waals surface area contributed by atoms with Gasteiger partial charge in [-0.3, -0.25) is 9.59 Å².